The van der Waals surface area contributed by atoms with Crippen molar-refractivity contribution in [3.8, 4) is 0 Å². The molecule has 0 spiro atoms. The topological polar surface area (TPSA) is 61.4 Å². The van der Waals surface area contributed by atoms with Gasteiger partial charge in [-0.25, -0.2) is 4.79 Å². The largest absolute Gasteiger partial charge is 0.478 e. The third-order valence-corrected chi connectivity index (χ3v) is 4.18. The summed E-state index contributed by atoms with van der Waals surface area (Å²) in [6, 6.07) is 6.22. The fourth-order valence-corrected chi connectivity index (χ4v) is 3.01. The SMILES string of the molecule is Cc1cc(C(=O)O)ccc1NC(C)CC1CCCCCN1. The van der Waals surface area contributed by atoms with Crippen LogP contribution in [0, 0.1) is 6.92 Å². The number of anilines is 1. The van der Waals surface area contributed by atoms with E-state index in [1.165, 1.54) is 25.7 Å². The molecule has 1 aliphatic rings. The lowest BCUT2D eigenvalue weighted by Crippen LogP contribution is -2.33. The van der Waals surface area contributed by atoms with Crippen LogP contribution in [0.3, 0.4) is 0 Å². The molecule has 4 heteroatoms. The molecule has 0 aliphatic carbocycles. The van der Waals surface area contributed by atoms with Crippen molar-refractivity contribution in [3.63, 3.8) is 0 Å². The number of benzene rings is 1. The van der Waals surface area contributed by atoms with Gasteiger partial charge in [0.2, 0.25) is 0 Å². The van der Waals surface area contributed by atoms with Crippen LogP contribution in [0.1, 0.15) is 54.9 Å². The van der Waals surface area contributed by atoms with Crippen molar-refractivity contribution in [1.82, 2.24) is 5.32 Å². The number of aryl methyl sites for hydroxylation is 1. The lowest BCUT2D eigenvalue weighted by Gasteiger charge is -2.23. The molecule has 0 saturated carbocycles. The molecule has 1 heterocycles. The second kappa shape index (κ2) is 7.46. The Kier molecular flexibility index (Phi) is 5.62. The number of rotatable bonds is 5. The Morgan fingerprint density at radius 2 is 2.24 bits per heavy atom. The Bertz CT molecular complexity index is 480. The number of carbonyl (C=O) groups is 1. The molecular formula is C17H26N2O2. The van der Waals surface area contributed by atoms with Crippen LogP contribution in [-0.2, 0) is 0 Å². The van der Waals surface area contributed by atoms with Gasteiger partial charge in [0.05, 0.1) is 5.56 Å². The molecule has 3 N–H and O–H groups in total. The third kappa shape index (κ3) is 4.74. The zero-order valence-corrected chi connectivity index (χ0v) is 13.0. The maximum absolute atomic E-state index is 11.0. The van der Waals surface area contributed by atoms with E-state index in [2.05, 4.69) is 17.6 Å². The fourth-order valence-electron chi connectivity index (χ4n) is 3.01. The molecule has 1 aliphatic heterocycles. The predicted octanol–water partition coefficient (Wildman–Crippen LogP) is 3.42. The number of hydrogen-bond donors (Lipinski definition) is 3. The summed E-state index contributed by atoms with van der Waals surface area (Å²) in [5, 5.41) is 16.1. The molecule has 2 atom stereocenters. The van der Waals surface area contributed by atoms with Gasteiger partial charge in [0.15, 0.2) is 0 Å². The van der Waals surface area contributed by atoms with Crippen molar-refractivity contribution < 1.29 is 9.90 Å². The molecule has 116 valence electrons. The maximum atomic E-state index is 11.0. The van der Waals surface area contributed by atoms with E-state index in [-0.39, 0.29) is 0 Å². The predicted molar refractivity (Wildman–Crippen MR) is 86.1 cm³/mol. The van der Waals surface area contributed by atoms with Gasteiger partial charge in [-0.3, -0.25) is 0 Å². The highest BCUT2D eigenvalue weighted by molar-refractivity contribution is 5.88. The van der Waals surface area contributed by atoms with E-state index >= 15 is 0 Å². The summed E-state index contributed by atoms with van der Waals surface area (Å²) in [6.07, 6.45) is 6.29. The van der Waals surface area contributed by atoms with Gasteiger partial charge in [-0.05, 0) is 63.4 Å². The van der Waals surface area contributed by atoms with Gasteiger partial charge in [0.25, 0.3) is 0 Å². The first-order valence-corrected chi connectivity index (χ1v) is 7.90. The van der Waals surface area contributed by atoms with Gasteiger partial charge in [-0.2, -0.15) is 0 Å². The lowest BCUT2D eigenvalue weighted by atomic mass is 10.0. The van der Waals surface area contributed by atoms with Gasteiger partial charge in [-0.15, -0.1) is 0 Å². The molecule has 1 fully saturated rings. The minimum atomic E-state index is -0.875. The Hall–Kier alpha value is -1.55. The van der Waals surface area contributed by atoms with Crippen LogP contribution >= 0.6 is 0 Å². The van der Waals surface area contributed by atoms with Crippen molar-refractivity contribution in [1.29, 1.82) is 0 Å². The zero-order valence-electron chi connectivity index (χ0n) is 13.0. The van der Waals surface area contributed by atoms with E-state index in [0.717, 1.165) is 24.2 Å². The third-order valence-electron chi connectivity index (χ3n) is 4.18. The summed E-state index contributed by atoms with van der Waals surface area (Å²) in [4.78, 5) is 11.0. The molecule has 2 unspecified atom stereocenters. The van der Waals surface area contributed by atoms with E-state index < -0.39 is 5.97 Å². The first kappa shape index (κ1) is 15.8. The van der Waals surface area contributed by atoms with Crippen LogP contribution in [0.25, 0.3) is 0 Å². The maximum Gasteiger partial charge on any atom is 0.335 e. The number of carboxylic acid groups (broad SMARTS) is 1. The van der Waals surface area contributed by atoms with E-state index in [0.29, 0.717) is 17.6 Å². The molecule has 1 aromatic rings. The Morgan fingerprint density at radius 1 is 1.43 bits per heavy atom. The molecule has 2 rings (SSSR count). The Morgan fingerprint density at radius 3 is 2.95 bits per heavy atom. The van der Waals surface area contributed by atoms with Gasteiger partial charge in [0, 0.05) is 17.8 Å². The highest BCUT2D eigenvalue weighted by Gasteiger charge is 2.15. The molecule has 0 aromatic heterocycles. The first-order valence-electron chi connectivity index (χ1n) is 7.90. The zero-order chi connectivity index (χ0) is 15.2. The van der Waals surface area contributed by atoms with Crippen LogP contribution in [0.15, 0.2) is 18.2 Å². The van der Waals surface area contributed by atoms with Crippen molar-refractivity contribution in [2.75, 3.05) is 11.9 Å². The van der Waals surface area contributed by atoms with Gasteiger partial charge in [-0.1, -0.05) is 12.8 Å². The number of carboxylic acids is 1. The minimum absolute atomic E-state index is 0.344. The normalized spacial score (nSPS) is 20.6. The number of hydrogen-bond acceptors (Lipinski definition) is 3. The van der Waals surface area contributed by atoms with Crippen LogP contribution in [0.4, 0.5) is 5.69 Å². The molecule has 0 radical (unpaired) electrons. The second-order valence-corrected chi connectivity index (χ2v) is 6.12. The summed E-state index contributed by atoms with van der Waals surface area (Å²) in [6.45, 7) is 5.27. The Labute approximate surface area is 126 Å². The van der Waals surface area contributed by atoms with Crippen LogP contribution in [0.2, 0.25) is 0 Å². The summed E-state index contributed by atoms with van der Waals surface area (Å²) in [7, 11) is 0. The molecule has 21 heavy (non-hydrogen) atoms. The van der Waals surface area contributed by atoms with Crippen molar-refractivity contribution in [2.24, 2.45) is 0 Å². The van der Waals surface area contributed by atoms with Crippen LogP contribution in [0.5, 0.6) is 0 Å². The highest BCUT2D eigenvalue weighted by atomic mass is 16.4. The number of aromatic carboxylic acids is 1. The average molecular weight is 290 g/mol. The van der Waals surface area contributed by atoms with Crippen molar-refractivity contribution >= 4 is 11.7 Å². The van der Waals surface area contributed by atoms with Crippen molar-refractivity contribution in [2.45, 2.75) is 58.0 Å². The molecule has 1 saturated heterocycles. The van der Waals surface area contributed by atoms with E-state index in [1.54, 1.807) is 12.1 Å². The monoisotopic (exact) mass is 290 g/mol. The molecule has 0 amide bonds. The van der Waals surface area contributed by atoms with Gasteiger partial charge < -0.3 is 15.7 Å². The van der Waals surface area contributed by atoms with E-state index in [9.17, 15) is 4.79 Å². The highest BCUT2D eigenvalue weighted by Crippen LogP contribution is 2.20. The summed E-state index contributed by atoms with van der Waals surface area (Å²) in [5.41, 5.74) is 2.35. The fraction of sp³-hybridized carbons (Fsp3) is 0.588. The second-order valence-electron chi connectivity index (χ2n) is 6.12. The minimum Gasteiger partial charge on any atom is -0.478 e. The van der Waals surface area contributed by atoms with Crippen LogP contribution < -0.4 is 10.6 Å². The van der Waals surface area contributed by atoms with E-state index in [1.807, 2.05) is 13.0 Å². The molecule has 1 aromatic carbocycles. The lowest BCUT2D eigenvalue weighted by molar-refractivity contribution is 0.0697. The first-order chi connectivity index (χ1) is 10.1. The number of nitrogens with one attached hydrogen (secondary N) is 2. The van der Waals surface area contributed by atoms with E-state index in [4.69, 9.17) is 5.11 Å². The molecule has 0 bridgehead atoms. The quantitative estimate of drug-likeness (QED) is 0.777. The smallest absolute Gasteiger partial charge is 0.335 e. The molecular weight excluding hydrogens is 264 g/mol. The summed E-state index contributed by atoms with van der Waals surface area (Å²) in [5.74, 6) is -0.875. The molecule has 4 nitrogen and oxygen atoms in total. The summed E-state index contributed by atoms with van der Waals surface area (Å²) < 4.78 is 0. The Balaban J connectivity index is 1.92. The van der Waals surface area contributed by atoms with Gasteiger partial charge in [0.1, 0.15) is 0 Å². The standard InChI is InChI=1S/C17H26N2O2/c1-12-10-14(17(20)21)7-8-16(12)19-13(2)11-15-6-4-3-5-9-18-15/h7-8,10,13,15,18-19H,3-6,9,11H2,1-2H3,(H,20,21). The summed E-state index contributed by atoms with van der Waals surface area (Å²) >= 11 is 0. The van der Waals surface area contributed by atoms with Gasteiger partial charge >= 0.3 is 5.97 Å². The van der Waals surface area contributed by atoms with Crippen LogP contribution in [-0.4, -0.2) is 29.7 Å². The van der Waals surface area contributed by atoms with Crippen molar-refractivity contribution in [3.05, 3.63) is 29.3 Å². The average Bonchev–Trinajstić information content (AvgIpc) is 2.69.